The van der Waals surface area contributed by atoms with Crippen LogP contribution in [0, 0.1) is 10.8 Å². The minimum absolute atomic E-state index is 0.0817. The summed E-state index contributed by atoms with van der Waals surface area (Å²) in [6.45, 7) is 14.4. The molecule has 0 atom stereocenters. The minimum Gasteiger partial charge on any atom is -0.465 e. The average Bonchev–Trinajstić information content (AvgIpc) is 3.06. The maximum atomic E-state index is 12.7. The van der Waals surface area contributed by atoms with E-state index in [4.69, 9.17) is 14.2 Å². The SMILES string of the molecule is CCCCCCCCCOC(=O)C(C)(C)CCCCCC(CCCCCC(C)(C)C(=O)OCCCCCCCCC)OC(=O)CCCN(C)C. The molecule has 0 aromatic carbocycles. The van der Waals surface area contributed by atoms with Crippen molar-refractivity contribution in [3.63, 3.8) is 0 Å². The van der Waals surface area contributed by atoms with Crippen molar-refractivity contribution in [3.05, 3.63) is 0 Å². The number of ether oxygens (including phenoxy) is 3. The zero-order valence-electron chi connectivity index (χ0n) is 34.5. The molecule has 0 N–H and O–H groups in total. The Morgan fingerprint density at radius 3 is 1.30 bits per heavy atom. The Balaban J connectivity index is 4.51. The summed E-state index contributed by atoms with van der Waals surface area (Å²) in [7, 11) is 4.03. The fourth-order valence-electron chi connectivity index (χ4n) is 6.32. The lowest BCUT2D eigenvalue weighted by molar-refractivity contribution is -0.155. The van der Waals surface area contributed by atoms with Crippen LogP contribution < -0.4 is 0 Å². The highest BCUT2D eigenvalue weighted by atomic mass is 16.5. The summed E-state index contributed by atoms with van der Waals surface area (Å²) in [5.41, 5.74) is -0.957. The van der Waals surface area contributed by atoms with Crippen molar-refractivity contribution < 1.29 is 28.6 Å². The molecule has 0 aliphatic rings. The molecule has 0 aromatic rings. The second-order valence-corrected chi connectivity index (χ2v) is 16.5. The van der Waals surface area contributed by atoms with E-state index in [0.717, 1.165) is 103 Å². The highest BCUT2D eigenvalue weighted by molar-refractivity contribution is 5.76. The Labute approximate surface area is 310 Å². The normalized spacial score (nSPS) is 12.1. The fraction of sp³-hybridized carbons (Fsp3) is 0.930. The Hall–Kier alpha value is -1.63. The molecule has 0 aliphatic heterocycles. The summed E-state index contributed by atoms with van der Waals surface area (Å²) in [4.78, 5) is 40.2. The highest BCUT2D eigenvalue weighted by Crippen LogP contribution is 2.28. The number of hydrogen-bond donors (Lipinski definition) is 0. The van der Waals surface area contributed by atoms with Gasteiger partial charge in [-0.3, -0.25) is 14.4 Å². The first kappa shape index (κ1) is 48.4. The van der Waals surface area contributed by atoms with Gasteiger partial charge in [0.1, 0.15) is 6.10 Å². The van der Waals surface area contributed by atoms with Crippen LogP contribution >= 0.6 is 0 Å². The summed E-state index contributed by atoms with van der Waals surface area (Å²) in [6, 6.07) is 0. The third-order valence-corrected chi connectivity index (χ3v) is 10.0. The molecule has 296 valence electrons. The van der Waals surface area contributed by atoms with Gasteiger partial charge in [-0.2, -0.15) is 0 Å². The van der Waals surface area contributed by atoms with Crippen LogP contribution in [0.3, 0.4) is 0 Å². The smallest absolute Gasteiger partial charge is 0.311 e. The van der Waals surface area contributed by atoms with Crippen molar-refractivity contribution in [3.8, 4) is 0 Å². The zero-order valence-corrected chi connectivity index (χ0v) is 34.5. The number of nitrogens with zero attached hydrogens (tertiary/aromatic N) is 1. The van der Waals surface area contributed by atoms with Crippen LogP contribution in [-0.2, 0) is 28.6 Å². The van der Waals surface area contributed by atoms with E-state index in [1.807, 2.05) is 41.8 Å². The van der Waals surface area contributed by atoms with Gasteiger partial charge in [0.05, 0.1) is 24.0 Å². The number of unbranched alkanes of at least 4 members (excludes halogenated alkanes) is 16. The molecule has 0 saturated carbocycles. The first-order chi connectivity index (χ1) is 23.9. The largest absolute Gasteiger partial charge is 0.465 e. The third kappa shape index (κ3) is 28.0. The van der Waals surface area contributed by atoms with Crippen LogP contribution in [0.1, 0.15) is 208 Å². The number of rotatable bonds is 35. The molecule has 7 heteroatoms. The fourth-order valence-corrected chi connectivity index (χ4v) is 6.32. The van der Waals surface area contributed by atoms with E-state index in [9.17, 15) is 14.4 Å². The van der Waals surface area contributed by atoms with E-state index >= 15 is 0 Å². The highest BCUT2D eigenvalue weighted by Gasteiger charge is 2.29. The van der Waals surface area contributed by atoms with Crippen molar-refractivity contribution in [2.75, 3.05) is 33.9 Å². The molecule has 0 bridgehead atoms. The van der Waals surface area contributed by atoms with Gasteiger partial charge in [-0.25, -0.2) is 0 Å². The van der Waals surface area contributed by atoms with Gasteiger partial charge in [-0.15, -0.1) is 0 Å². The summed E-state index contributed by atoms with van der Waals surface area (Å²) in [5.74, 6) is -0.276. The molecule has 7 nitrogen and oxygen atoms in total. The molecule has 50 heavy (non-hydrogen) atoms. The summed E-state index contributed by atoms with van der Waals surface area (Å²) in [6.07, 6.45) is 27.2. The second-order valence-electron chi connectivity index (χ2n) is 16.5. The monoisotopic (exact) mass is 710 g/mol. The van der Waals surface area contributed by atoms with Crippen LogP contribution in [0.4, 0.5) is 0 Å². The van der Waals surface area contributed by atoms with E-state index in [0.29, 0.717) is 19.6 Å². The van der Waals surface area contributed by atoms with Crippen molar-refractivity contribution in [2.45, 2.75) is 215 Å². The van der Waals surface area contributed by atoms with E-state index < -0.39 is 10.8 Å². The van der Waals surface area contributed by atoms with Gasteiger partial charge in [0.25, 0.3) is 0 Å². The Bertz CT molecular complexity index is 785. The van der Waals surface area contributed by atoms with Crippen molar-refractivity contribution in [1.29, 1.82) is 0 Å². The molecule has 0 fully saturated rings. The predicted octanol–water partition coefficient (Wildman–Crippen LogP) is 11.8. The molecule has 0 unspecified atom stereocenters. The molecule has 0 radical (unpaired) electrons. The Kier molecular flexibility index (Phi) is 29.9. The quantitative estimate of drug-likeness (QED) is 0.0368. The molecule has 0 spiro atoms. The van der Waals surface area contributed by atoms with E-state index in [-0.39, 0.29) is 24.0 Å². The van der Waals surface area contributed by atoms with Crippen LogP contribution in [0.5, 0.6) is 0 Å². The number of carbonyl (C=O) groups is 3. The summed E-state index contributed by atoms with van der Waals surface area (Å²) in [5, 5.41) is 0. The molecule has 0 aromatic heterocycles. The van der Waals surface area contributed by atoms with Crippen LogP contribution in [0.15, 0.2) is 0 Å². The Morgan fingerprint density at radius 1 is 0.520 bits per heavy atom. The lowest BCUT2D eigenvalue weighted by Crippen LogP contribution is -2.27. The topological polar surface area (TPSA) is 82.1 Å². The lowest BCUT2D eigenvalue weighted by Gasteiger charge is -2.23. The number of esters is 3. The third-order valence-electron chi connectivity index (χ3n) is 10.0. The van der Waals surface area contributed by atoms with Gasteiger partial charge in [0.2, 0.25) is 0 Å². The van der Waals surface area contributed by atoms with E-state index in [1.165, 1.54) is 64.2 Å². The van der Waals surface area contributed by atoms with E-state index in [2.05, 4.69) is 18.7 Å². The van der Waals surface area contributed by atoms with Crippen molar-refractivity contribution >= 4 is 17.9 Å². The van der Waals surface area contributed by atoms with Crippen LogP contribution in [-0.4, -0.2) is 62.8 Å². The maximum Gasteiger partial charge on any atom is 0.311 e. The molecule has 0 rings (SSSR count). The molecular formula is C43H83NO6. The lowest BCUT2D eigenvalue weighted by atomic mass is 9.86. The van der Waals surface area contributed by atoms with Crippen molar-refractivity contribution in [1.82, 2.24) is 4.90 Å². The van der Waals surface area contributed by atoms with Gasteiger partial charge < -0.3 is 19.1 Å². The van der Waals surface area contributed by atoms with Gasteiger partial charge in [0, 0.05) is 6.42 Å². The minimum atomic E-state index is -0.479. The zero-order chi connectivity index (χ0) is 37.5. The van der Waals surface area contributed by atoms with E-state index in [1.54, 1.807) is 0 Å². The number of carbonyl (C=O) groups excluding carboxylic acids is 3. The molecule has 0 amide bonds. The van der Waals surface area contributed by atoms with Gasteiger partial charge in [-0.1, -0.05) is 117 Å². The van der Waals surface area contributed by atoms with Gasteiger partial charge in [0.15, 0.2) is 0 Å². The second kappa shape index (κ2) is 30.9. The summed E-state index contributed by atoms with van der Waals surface area (Å²) < 4.78 is 17.2. The van der Waals surface area contributed by atoms with Gasteiger partial charge in [-0.05, 0) is 106 Å². The van der Waals surface area contributed by atoms with Crippen molar-refractivity contribution in [2.24, 2.45) is 10.8 Å². The van der Waals surface area contributed by atoms with Gasteiger partial charge >= 0.3 is 17.9 Å². The predicted molar refractivity (Wildman–Crippen MR) is 209 cm³/mol. The molecular weight excluding hydrogens is 626 g/mol. The number of hydrogen-bond acceptors (Lipinski definition) is 7. The first-order valence-electron chi connectivity index (χ1n) is 21.0. The molecule has 0 heterocycles. The first-order valence-corrected chi connectivity index (χ1v) is 21.0. The summed E-state index contributed by atoms with van der Waals surface area (Å²) >= 11 is 0. The van der Waals surface area contributed by atoms with Crippen LogP contribution in [0.25, 0.3) is 0 Å². The van der Waals surface area contributed by atoms with Crippen LogP contribution in [0.2, 0.25) is 0 Å². The standard InChI is InChI=1S/C43H83NO6/c1-9-11-13-15-17-19-27-36-48-40(46)42(3,4)33-25-21-23-30-38(50-39(45)32-29-35-44(7)8)31-24-22-26-34-43(5,6)41(47)49-37-28-20-18-16-14-12-10-2/h38H,9-37H2,1-8H3. The Morgan fingerprint density at radius 2 is 0.900 bits per heavy atom. The maximum absolute atomic E-state index is 12.7. The molecule has 0 saturated heterocycles. The average molecular weight is 710 g/mol. The molecule has 0 aliphatic carbocycles.